The van der Waals surface area contributed by atoms with E-state index in [1.54, 1.807) is 6.92 Å². The minimum absolute atomic E-state index is 0.271. The standard InChI is InChI=1S/C7H12O3/c1-5(6(2)9-3)7(8)10-4/h6H,1H2,2-4H3/t6-/m0/s1. The molecule has 3 nitrogen and oxygen atoms in total. The first-order valence-corrected chi connectivity index (χ1v) is 2.93. The van der Waals surface area contributed by atoms with Crippen LogP contribution in [0.3, 0.4) is 0 Å². The van der Waals surface area contributed by atoms with Crippen molar-refractivity contribution < 1.29 is 14.3 Å². The summed E-state index contributed by atoms with van der Waals surface area (Å²) in [5.74, 6) is -0.422. The van der Waals surface area contributed by atoms with E-state index in [2.05, 4.69) is 11.3 Å². The van der Waals surface area contributed by atoms with Crippen molar-refractivity contribution in [2.45, 2.75) is 13.0 Å². The lowest BCUT2D eigenvalue weighted by atomic mass is 10.2. The fourth-order valence-corrected chi connectivity index (χ4v) is 0.439. The molecule has 0 aromatic rings. The van der Waals surface area contributed by atoms with Crippen LogP contribution in [0.4, 0.5) is 0 Å². The molecule has 3 heteroatoms. The molecule has 0 unspecified atom stereocenters. The van der Waals surface area contributed by atoms with Gasteiger partial charge in [-0.2, -0.15) is 0 Å². The first-order valence-electron chi connectivity index (χ1n) is 2.93. The van der Waals surface area contributed by atoms with E-state index >= 15 is 0 Å². The predicted molar refractivity (Wildman–Crippen MR) is 37.6 cm³/mol. The number of hydrogen-bond acceptors (Lipinski definition) is 3. The molecule has 0 amide bonds. The summed E-state index contributed by atoms with van der Waals surface area (Å²) in [5, 5.41) is 0. The van der Waals surface area contributed by atoms with Crippen molar-refractivity contribution in [1.82, 2.24) is 0 Å². The van der Waals surface area contributed by atoms with Crippen LogP contribution in [0.2, 0.25) is 0 Å². The second kappa shape index (κ2) is 4.06. The molecule has 0 radical (unpaired) electrons. The fraction of sp³-hybridized carbons (Fsp3) is 0.571. The fourth-order valence-electron chi connectivity index (χ4n) is 0.439. The van der Waals surface area contributed by atoms with Gasteiger partial charge in [0.2, 0.25) is 0 Å². The number of rotatable bonds is 3. The average Bonchev–Trinajstić information content (AvgIpc) is 2.00. The summed E-state index contributed by atoms with van der Waals surface area (Å²) in [6.45, 7) is 5.23. The molecule has 0 heterocycles. The molecular weight excluding hydrogens is 132 g/mol. The van der Waals surface area contributed by atoms with Gasteiger partial charge in [0.25, 0.3) is 0 Å². The van der Waals surface area contributed by atoms with Crippen LogP contribution in [0.25, 0.3) is 0 Å². The van der Waals surface area contributed by atoms with Gasteiger partial charge in [-0.05, 0) is 6.92 Å². The molecule has 0 spiro atoms. The Balaban J connectivity index is 3.95. The number of carbonyl (C=O) groups is 1. The maximum absolute atomic E-state index is 10.7. The Morgan fingerprint density at radius 2 is 2.00 bits per heavy atom. The van der Waals surface area contributed by atoms with E-state index in [-0.39, 0.29) is 6.10 Å². The molecule has 0 bridgehead atoms. The topological polar surface area (TPSA) is 35.5 Å². The van der Waals surface area contributed by atoms with E-state index in [4.69, 9.17) is 4.74 Å². The highest BCUT2D eigenvalue weighted by atomic mass is 16.5. The molecule has 0 aliphatic heterocycles. The maximum Gasteiger partial charge on any atom is 0.335 e. The van der Waals surface area contributed by atoms with Crippen molar-refractivity contribution in [2.24, 2.45) is 0 Å². The third kappa shape index (κ3) is 2.19. The summed E-state index contributed by atoms with van der Waals surface area (Å²) in [6.07, 6.45) is -0.271. The van der Waals surface area contributed by atoms with Crippen molar-refractivity contribution in [3.8, 4) is 0 Å². The van der Waals surface area contributed by atoms with Crippen LogP contribution in [-0.4, -0.2) is 26.3 Å². The SMILES string of the molecule is C=C(C(=O)OC)[C@H](C)OC. The third-order valence-corrected chi connectivity index (χ3v) is 1.29. The molecule has 10 heavy (non-hydrogen) atoms. The normalized spacial score (nSPS) is 12.3. The summed E-state index contributed by atoms with van der Waals surface area (Å²) in [7, 11) is 2.83. The summed E-state index contributed by atoms with van der Waals surface area (Å²) in [4.78, 5) is 10.7. The first-order chi connectivity index (χ1) is 4.63. The van der Waals surface area contributed by atoms with Crippen molar-refractivity contribution in [3.05, 3.63) is 12.2 Å². The number of esters is 1. The Bertz CT molecular complexity index is 140. The van der Waals surface area contributed by atoms with E-state index in [1.807, 2.05) is 0 Å². The Morgan fingerprint density at radius 3 is 2.30 bits per heavy atom. The van der Waals surface area contributed by atoms with Crippen LogP contribution in [0.15, 0.2) is 12.2 Å². The number of hydrogen-bond donors (Lipinski definition) is 0. The van der Waals surface area contributed by atoms with E-state index < -0.39 is 5.97 Å². The largest absolute Gasteiger partial charge is 0.466 e. The minimum Gasteiger partial charge on any atom is -0.466 e. The average molecular weight is 144 g/mol. The summed E-state index contributed by atoms with van der Waals surface area (Å²) in [5.41, 5.74) is 0.338. The molecular formula is C7H12O3. The van der Waals surface area contributed by atoms with Crippen molar-refractivity contribution in [3.63, 3.8) is 0 Å². The van der Waals surface area contributed by atoms with Crippen LogP contribution in [0.1, 0.15) is 6.92 Å². The van der Waals surface area contributed by atoms with Gasteiger partial charge in [0, 0.05) is 7.11 Å². The summed E-state index contributed by atoms with van der Waals surface area (Å²) in [6, 6.07) is 0. The van der Waals surface area contributed by atoms with E-state index in [1.165, 1.54) is 14.2 Å². The van der Waals surface area contributed by atoms with Gasteiger partial charge < -0.3 is 9.47 Å². The molecule has 0 aliphatic carbocycles. The molecule has 1 atom stereocenters. The van der Waals surface area contributed by atoms with E-state index in [0.29, 0.717) is 5.57 Å². The van der Waals surface area contributed by atoms with Crippen LogP contribution >= 0.6 is 0 Å². The minimum atomic E-state index is -0.422. The highest BCUT2D eigenvalue weighted by Gasteiger charge is 2.13. The van der Waals surface area contributed by atoms with Gasteiger partial charge in [-0.15, -0.1) is 0 Å². The molecule has 0 fully saturated rings. The second-order valence-electron chi connectivity index (χ2n) is 1.89. The molecule has 0 saturated carbocycles. The third-order valence-electron chi connectivity index (χ3n) is 1.29. The van der Waals surface area contributed by atoms with Crippen LogP contribution in [0, 0.1) is 0 Å². The Labute approximate surface area is 60.6 Å². The van der Waals surface area contributed by atoms with Crippen LogP contribution < -0.4 is 0 Å². The molecule has 0 aromatic heterocycles. The van der Waals surface area contributed by atoms with Crippen LogP contribution in [-0.2, 0) is 14.3 Å². The van der Waals surface area contributed by atoms with E-state index in [9.17, 15) is 4.79 Å². The summed E-state index contributed by atoms with van der Waals surface area (Å²) >= 11 is 0. The van der Waals surface area contributed by atoms with Gasteiger partial charge in [-0.25, -0.2) is 4.79 Å². The number of methoxy groups -OCH3 is 2. The number of ether oxygens (including phenoxy) is 2. The van der Waals surface area contributed by atoms with Crippen molar-refractivity contribution in [2.75, 3.05) is 14.2 Å². The Morgan fingerprint density at radius 1 is 1.50 bits per heavy atom. The number of carbonyl (C=O) groups excluding carboxylic acids is 1. The first kappa shape index (κ1) is 9.17. The molecule has 58 valence electrons. The predicted octanol–water partition coefficient (Wildman–Crippen LogP) is 0.750. The van der Waals surface area contributed by atoms with Crippen molar-refractivity contribution in [1.29, 1.82) is 0 Å². The summed E-state index contributed by atoms with van der Waals surface area (Å²) < 4.78 is 9.25. The van der Waals surface area contributed by atoms with Gasteiger partial charge in [-0.3, -0.25) is 0 Å². The van der Waals surface area contributed by atoms with Gasteiger partial charge in [0.05, 0.1) is 18.8 Å². The van der Waals surface area contributed by atoms with Gasteiger partial charge in [0.15, 0.2) is 0 Å². The highest BCUT2D eigenvalue weighted by molar-refractivity contribution is 5.88. The molecule has 0 rings (SSSR count). The maximum atomic E-state index is 10.7. The van der Waals surface area contributed by atoms with Crippen LogP contribution in [0.5, 0.6) is 0 Å². The lowest BCUT2D eigenvalue weighted by molar-refractivity contribution is -0.137. The van der Waals surface area contributed by atoms with Gasteiger partial charge >= 0.3 is 5.97 Å². The molecule has 0 aromatic carbocycles. The molecule has 0 aliphatic rings. The lowest BCUT2D eigenvalue weighted by Gasteiger charge is -2.09. The van der Waals surface area contributed by atoms with Crippen molar-refractivity contribution >= 4 is 5.97 Å². The highest BCUT2D eigenvalue weighted by Crippen LogP contribution is 2.03. The lowest BCUT2D eigenvalue weighted by Crippen LogP contribution is -2.16. The zero-order valence-corrected chi connectivity index (χ0v) is 6.51. The quantitative estimate of drug-likeness (QED) is 0.433. The zero-order valence-electron chi connectivity index (χ0n) is 6.51. The van der Waals surface area contributed by atoms with Gasteiger partial charge in [0.1, 0.15) is 0 Å². The zero-order chi connectivity index (χ0) is 8.15. The van der Waals surface area contributed by atoms with E-state index in [0.717, 1.165) is 0 Å². The molecule has 0 N–H and O–H groups in total. The van der Waals surface area contributed by atoms with Gasteiger partial charge in [-0.1, -0.05) is 6.58 Å². The Kier molecular flexibility index (Phi) is 3.72. The molecule has 0 saturated heterocycles. The Hall–Kier alpha value is -0.830. The monoisotopic (exact) mass is 144 g/mol. The smallest absolute Gasteiger partial charge is 0.335 e. The second-order valence-corrected chi connectivity index (χ2v) is 1.89.